The molecule has 0 aliphatic carbocycles. The highest BCUT2D eigenvalue weighted by atomic mass is 16.5. The first-order valence-electron chi connectivity index (χ1n) is 14.8. The Labute approximate surface area is 243 Å². The average molecular weight is 558 g/mol. The zero-order valence-corrected chi connectivity index (χ0v) is 26.4. The molecule has 0 bridgehead atoms. The van der Waals surface area contributed by atoms with Gasteiger partial charge < -0.3 is 20.3 Å². The summed E-state index contributed by atoms with van der Waals surface area (Å²) in [5.41, 5.74) is 7.52. The Morgan fingerprint density at radius 2 is 1.93 bits per heavy atom. The number of anilines is 1. The number of benzene rings is 1. The number of fused-ring (bicyclic) bond motifs is 1. The Hall–Kier alpha value is -2.61. The Balaban J connectivity index is 0.000000484. The highest BCUT2D eigenvalue weighted by Gasteiger charge is 2.29. The Kier molecular flexibility index (Phi) is 15.3. The molecular weight excluding hydrogens is 502 g/mol. The van der Waals surface area contributed by atoms with Crippen molar-refractivity contribution < 1.29 is 19.7 Å². The van der Waals surface area contributed by atoms with Gasteiger partial charge in [0.05, 0.1) is 11.2 Å². The third-order valence-corrected chi connectivity index (χ3v) is 7.22. The van der Waals surface area contributed by atoms with Crippen molar-refractivity contribution in [2.75, 3.05) is 19.0 Å². The number of hydrazine groups is 1. The lowest BCUT2D eigenvalue weighted by atomic mass is 9.83. The molecule has 2 aliphatic rings. The normalized spacial score (nSPS) is 17.1. The summed E-state index contributed by atoms with van der Waals surface area (Å²) in [5.74, 6) is 1.57. The van der Waals surface area contributed by atoms with Crippen molar-refractivity contribution in [1.82, 2.24) is 10.4 Å². The summed E-state index contributed by atoms with van der Waals surface area (Å²) in [7, 11) is 1.00. The fourth-order valence-electron chi connectivity index (χ4n) is 5.13. The predicted octanol–water partition coefficient (Wildman–Crippen LogP) is 6.66. The molecular formula is C33H55N3O4. The molecule has 0 saturated carbocycles. The molecule has 0 aromatic heterocycles. The van der Waals surface area contributed by atoms with Gasteiger partial charge in [0.2, 0.25) is 0 Å². The third kappa shape index (κ3) is 10.4. The molecule has 1 amide bonds. The van der Waals surface area contributed by atoms with E-state index in [0.29, 0.717) is 12.5 Å². The van der Waals surface area contributed by atoms with Crippen molar-refractivity contribution >= 4 is 11.6 Å². The van der Waals surface area contributed by atoms with Crippen LogP contribution >= 0.6 is 0 Å². The van der Waals surface area contributed by atoms with Crippen LogP contribution in [0.1, 0.15) is 91.7 Å². The van der Waals surface area contributed by atoms with E-state index in [1.807, 2.05) is 50.2 Å². The van der Waals surface area contributed by atoms with Crippen LogP contribution < -0.4 is 15.5 Å². The minimum atomic E-state index is -0.481. The van der Waals surface area contributed by atoms with Crippen LogP contribution in [0.3, 0.4) is 0 Å². The Morgan fingerprint density at radius 3 is 2.48 bits per heavy atom. The van der Waals surface area contributed by atoms with Gasteiger partial charge in [-0.2, -0.15) is 0 Å². The van der Waals surface area contributed by atoms with Gasteiger partial charge in [-0.15, -0.1) is 0 Å². The van der Waals surface area contributed by atoms with Gasteiger partial charge >= 0.3 is 0 Å². The molecule has 40 heavy (non-hydrogen) atoms. The second kappa shape index (κ2) is 17.3. The van der Waals surface area contributed by atoms with Crippen LogP contribution in [0.4, 0.5) is 5.69 Å². The summed E-state index contributed by atoms with van der Waals surface area (Å²) in [6, 6.07) is 4.05. The van der Waals surface area contributed by atoms with Gasteiger partial charge in [-0.3, -0.25) is 9.80 Å². The highest BCUT2D eigenvalue weighted by molar-refractivity contribution is 6.05. The molecule has 1 aromatic carbocycles. The van der Waals surface area contributed by atoms with E-state index in [1.165, 1.54) is 25.7 Å². The van der Waals surface area contributed by atoms with Crippen molar-refractivity contribution in [3.8, 4) is 5.75 Å². The van der Waals surface area contributed by atoms with E-state index in [2.05, 4.69) is 51.9 Å². The number of ether oxygens (including phenoxy) is 1. The number of amides is 1. The minimum Gasteiger partial charge on any atom is -0.490 e. The van der Waals surface area contributed by atoms with Gasteiger partial charge in [-0.05, 0) is 81.7 Å². The first-order chi connectivity index (χ1) is 18.9. The maximum Gasteiger partial charge on any atom is 0.254 e. The van der Waals surface area contributed by atoms with Crippen LogP contribution in [0.2, 0.25) is 0 Å². The molecule has 2 atom stereocenters. The summed E-state index contributed by atoms with van der Waals surface area (Å²) in [4.78, 5) is 13.0. The van der Waals surface area contributed by atoms with Gasteiger partial charge in [0.1, 0.15) is 11.9 Å². The van der Waals surface area contributed by atoms with E-state index in [4.69, 9.17) is 9.84 Å². The highest BCUT2D eigenvalue weighted by Crippen LogP contribution is 2.34. The van der Waals surface area contributed by atoms with Crippen LogP contribution in [0.25, 0.3) is 0 Å². The van der Waals surface area contributed by atoms with Gasteiger partial charge in [0.15, 0.2) is 0 Å². The summed E-state index contributed by atoms with van der Waals surface area (Å²) >= 11 is 0. The topological polar surface area (TPSA) is 94.1 Å². The van der Waals surface area contributed by atoms with Crippen LogP contribution in [0, 0.1) is 18.8 Å². The number of aliphatic hydroxyl groups excluding tert-OH is 1. The van der Waals surface area contributed by atoms with Crippen LogP contribution in [-0.2, 0) is 11.2 Å². The van der Waals surface area contributed by atoms with Crippen LogP contribution in [-0.4, -0.2) is 46.5 Å². The molecule has 4 N–H and O–H groups in total. The number of aryl methyl sites for hydroxylation is 1. The molecule has 7 nitrogen and oxygen atoms in total. The predicted molar refractivity (Wildman–Crippen MR) is 167 cm³/mol. The lowest BCUT2D eigenvalue weighted by Crippen LogP contribution is -2.30. The van der Waals surface area contributed by atoms with Crippen LogP contribution in [0.15, 0.2) is 48.3 Å². The number of nitrogens with one attached hydrogen (secondary N) is 2. The number of rotatable bonds is 11. The smallest absolute Gasteiger partial charge is 0.254 e. The number of hydrogen-bond acceptors (Lipinski definition) is 6. The van der Waals surface area contributed by atoms with Crippen molar-refractivity contribution in [1.29, 1.82) is 0 Å². The average Bonchev–Trinajstić information content (AvgIpc) is 3.49. The number of allylic oxidation sites excluding steroid dienone is 3. The number of aliphatic hydroxyl groups is 2. The summed E-state index contributed by atoms with van der Waals surface area (Å²) in [6.07, 6.45) is 12.5. The molecule has 2 unspecified atom stereocenters. The summed E-state index contributed by atoms with van der Waals surface area (Å²) in [6.45, 7) is 20.7. The molecule has 0 fully saturated rings. The largest absolute Gasteiger partial charge is 0.490 e. The van der Waals surface area contributed by atoms with E-state index < -0.39 is 5.60 Å². The molecule has 0 spiro atoms. The van der Waals surface area contributed by atoms with E-state index >= 15 is 0 Å². The summed E-state index contributed by atoms with van der Waals surface area (Å²) < 4.78 is 5.79. The van der Waals surface area contributed by atoms with Crippen molar-refractivity contribution in [3.05, 3.63) is 59.5 Å². The van der Waals surface area contributed by atoms with Gasteiger partial charge in [-0.25, -0.2) is 5.43 Å². The van der Waals surface area contributed by atoms with Crippen molar-refractivity contribution in [2.24, 2.45) is 11.8 Å². The van der Waals surface area contributed by atoms with E-state index in [0.717, 1.165) is 53.8 Å². The molecule has 7 heteroatoms. The van der Waals surface area contributed by atoms with Crippen LogP contribution in [0.5, 0.6) is 5.75 Å². The molecule has 2 heterocycles. The minimum absolute atomic E-state index is 0.0642. The van der Waals surface area contributed by atoms with Crippen molar-refractivity contribution in [2.45, 2.75) is 106 Å². The zero-order valence-electron chi connectivity index (χ0n) is 26.4. The molecule has 3 rings (SSSR count). The number of hydrogen-bond donors (Lipinski definition) is 4. The molecule has 0 saturated heterocycles. The maximum atomic E-state index is 13.0. The second-order valence-corrected chi connectivity index (χ2v) is 11.4. The third-order valence-electron chi connectivity index (χ3n) is 7.22. The Morgan fingerprint density at radius 1 is 1.25 bits per heavy atom. The number of carbonyl (C=O) groups is 1. The quantitative estimate of drug-likeness (QED) is 0.227. The lowest BCUT2D eigenvalue weighted by Gasteiger charge is -2.29. The summed E-state index contributed by atoms with van der Waals surface area (Å²) in [5, 5.41) is 21.8. The fourth-order valence-corrected chi connectivity index (χ4v) is 5.13. The standard InChI is InChI=1S/C21H27N3O2.C11H24O.CH4O/c1-6-7-8-24-20(13(2)3)17(12-22-24)21(25)23-18-11-16-10-15(5)26-19(16)9-14(18)4;1-5-7-9-10(8-6-2)11(3,4)12;1-2/h6-9,11,13,15,22H,1,10,12H2,2-5H3,(H,23,25);10,12H,5-9H2,1-4H3;2H,1H3/b8-7-;;. The maximum absolute atomic E-state index is 13.0. The van der Waals surface area contributed by atoms with Gasteiger partial charge in [0, 0.05) is 37.7 Å². The zero-order chi connectivity index (χ0) is 30.5. The number of nitrogens with zero attached hydrogens (tertiary/aromatic N) is 1. The van der Waals surface area contributed by atoms with E-state index in [-0.39, 0.29) is 17.9 Å². The van der Waals surface area contributed by atoms with Gasteiger partial charge in [-0.1, -0.05) is 59.6 Å². The monoisotopic (exact) mass is 557 g/mol. The number of unbranched alkanes of at least 4 members (excludes halogenated alkanes) is 1. The molecule has 0 radical (unpaired) electrons. The lowest BCUT2D eigenvalue weighted by molar-refractivity contribution is -0.112. The SMILES string of the molecule is C=C/C=C\N1NCC(C(=O)Nc2cc3c(cc2C)OC(C)C3)=C1C(C)C.CCCCC(CCC)C(C)(C)O.CO. The second-order valence-electron chi connectivity index (χ2n) is 11.4. The van der Waals surface area contributed by atoms with Crippen molar-refractivity contribution in [3.63, 3.8) is 0 Å². The molecule has 1 aromatic rings. The van der Waals surface area contributed by atoms with E-state index in [9.17, 15) is 9.90 Å². The fraction of sp³-hybridized carbons (Fsp3) is 0.606. The van der Waals surface area contributed by atoms with Gasteiger partial charge in [0.25, 0.3) is 5.91 Å². The molecule has 226 valence electrons. The Bertz CT molecular complexity index is 1010. The molecule has 2 aliphatic heterocycles. The van der Waals surface area contributed by atoms with E-state index in [1.54, 1.807) is 6.08 Å². The first-order valence-corrected chi connectivity index (χ1v) is 14.8. The first kappa shape index (κ1) is 35.4. The number of carbonyl (C=O) groups excluding carboxylic acids is 1.